The van der Waals surface area contributed by atoms with Crippen molar-refractivity contribution >= 4 is 17.4 Å². The molecule has 1 aliphatic rings. The van der Waals surface area contributed by atoms with Gasteiger partial charge in [-0.1, -0.05) is 12.1 Å². The van der Waals surface area contributed by atoms with Crippen molar-refractivity contribution < 1.29 is 14.3 Å². The maximum Gasteiger partial charge on any atom is 0.266 e. The molecule has 1 aromatic carbocycles. The SMILES string of the molecule is Cc1cccc(OC(C)C(=O)Nc2ccc(N3CCOCC3)cn2)c1. The van der Waals surface area contributed by atoms with Gasteiger partial charge in [0.1, 0.15) is 11.6 Å². The lowest BCUT2D eigenvalue weighted by Crippen LogP contribution is -2.36. The summed E-state index contributed by atoms with van der Waals surface area (Å²) < 4.78 is 11.0. The average Bonchev–Trinajstić information content (AvgIpc) is 2.63. The number of nitrogens with zero attached hydrogens (tertiary/aromatic N) is 2. The zero-order chi connectivity index (χ0) is 17.6. The summed E-state index contributed by atoms with van der Waals surface area (Å²) >= 11 is 0. The molecule has 1 atom stereocenters. The number of ether oxygens (including phenoxy) is 2. The number of rotatable bonds is 5. The van der Waals surface area contributed by atoms with E-state index < -0.39 is 6.10 Å². The van der Waals surface area contributed by atoms with E-state index in [0.717, 1.165) is 37.6 Å². The second kappa shape index (κ2) is 7.98. The minimum absolute atomic E-state index is 0.229. The molecule has 6 heteroatoms. The number of carbonyl (C=O) groups is 1. The third-order valence-corrected chi connectivity index (χ3v) is 4.05. The van der Waals surface area contributed by atoms with Crippen molar-refractivity contribution in [1.82, 2.24) is 4.98 Å². The molecule has 1 unspecified atom stereocenters. The molecule has 0 bridgehead atoms. The monoisotopic (exact) mass is 341 g/mol. The van der Waals surface area contributed by atoms with E-state index in [0.29, 0.717) is 11.6 Å². The third kappa shape index (κ3) is 4.70. The minimum atomic E-state index is -0.609. The number of anilines is 2. The number of morpholine rings is 1. The van der Waals surface area contributed by atoms with E-state index in [-0.39, 0.29) is 5.91 Å². The Kier molecular flexibility index (Phi) is 5.50. The van der Waals surface area contributed by atoms with Gasteiger partial charge in [-0.25, -0.2) is 4.98 Å². The predicted molar refractivity (Wildman–Crippen MR) is 97.2 cm³/mol. The Morgan fingerprint density at radius 3 is 2.76 bits per heavy atom. The average molecular weight is 341 g/mol. The maximum absolute atomic E-state index is 12.3. The van der Waals surface area contributed by atoms with Crippen LogP contribution in [-0.2, 0) is 9.53 Å². The van der Waals surface area contributed by atoms with Gasteiger partial charge in [0.25, 0.3) is 5.91 Å². The van der Waals surface area contributed by atoms with Crippen molar-refractivity contribution in [2.24, 2.45) is 0 Å². The van der Waals surface area contributed by atoms with Crippen LogP contribution >= 0.6 is 0 Å². The van der Waals surface area contributed by atoms with E-state index in [1.54, 1.807) is 13.1 Å². The normalized spacial score (nSPS) is 15.5. The lowest BCUT2D eigenvalue weighted by molar-refractivity contribution is -0.122. The summed E-state index contributed by atoms with van der Waals surface area (Å²) in [6, 6.07) is 11.4. The summed E-state index contributed by atoms with van der Waals surface area (Å²) in [6.45, 7) is 6.87. The molecule has 6 nitrogen and oxygen atoms in total. The molecule has 2 heterocycles. The van der Waals surface area contributed by atoms with Crippen LogP contribution in [0.5, 0.6) is 5.75 Å². The molecule has 1 amide bonds. The summed E-state index contributed by atoms with van der Waals surface area (Å²) in [6.07, 6.45) is 1.16. The van der Waals surface area contributed by atoms with Gasteiger partial charge in [-0.3, -0.25) is 4.79 Å². The van der Waals surface area contributed by atoms with E-state index >= 15 is 0 Å². The number of carbonyl (C=O) groups excluding carboxylic acids is 1. The Morgan fingerprint density at radius 1 is 1.28 bits per heavy atom. The van der Waals surface area contributed by atoms with Gasteiger partial charge in [0.05, 0.1) is 25.1 Å². The van der Waals surface area contributed by atoms with E-state index in [1.807, 2.05) is 43.3 Å². The zero-order valence-corrected chi connectivity index (χ0v) is 14.6. The van der Waals surface area contributed by atoms with Gasteiger partial charge in [-0.05, 0) is 43.7 Å². The second-order valence-electron chi connectivity index (χ2n) is 6.07. The lowest BCUT2D eigenvalue weighted by Gasteiger charge is -2.28. The summed E-state index contributed by atoms with van der Waals surface area (Å²) in [4.78, 5) is 18.8. The third-order valence-electron chi connectivity index (χ3n) is 4.05. The van der Waals surface area contributed by atoms with E-state index in [2.05, 4.69) is 15.2 Å². The fraction of sp³-hybridized carbons (Fsp3) is 0.368. The number of aryl methyl sites for hydroxylation is 1. The molecule has 1 aliphatic heterocycles. The highest BCUT2D eigenvalue weighted by atomic mass is 16.5. The molecule has 1 aromatic heterocycles. The molecule has 3 rings (SSSR count). The van der Waals surface area contributed by atoms with E-state index in [9.17, 15) is 4.79 Å². The molecule has 25 heavy (non-hydrogen) atoms. The van der Waals surface area contributed by atoms with Crippen LogP contribution in [0.1, 0.15) is 12.5 Å². The standard InChI is InChI=1S/C19H23N3O3/c1-14-4-3-5-17(12-14)25-15(2)19(23)21-18-7-6-16(13-20-18)22-8-10-24-11-9-22/h3-7,12-13,15H,8-11H2,1-2H3,(H,20,21,23). The second-order valence-corrected chi connectivity index (χ2v) is 6.07. The molecule has 1 fully saturated rings. The van der Waals surface area contributed by atoms with E-state index in [4.69, 9.17) is 9.47 Å². The number of pyridine rings is 1. The number of nitrogens with one attached hydrogen (secondary N) is 1. The number of hydrogen-bond donors (Lipinski definition) is 1. The highest BCUT2D eigenvalue weighted by molar-refractivity contribution is 5.93. The Balaban J connectivity index is 1.56. The number of benzene rings is 1. The first-order valence-electron chi connectivity index (χ1n) is 8.45. The highest BCUT2D eigenvalue weighted by Gasteiger charge is 2.16. The van der Waals surface area contributed by atoms with Gasteiger partial charge in [-0.2, -0.15) is 0 Å². The van der Waals surface area contributed by atoms with Crippen molar-refractivity contribution in [3.63, 3.8) is 0 Å². The summed E-state index contributed by atoms with van der Waals surface area (Å²) in [7, 11) is 0. The molecule has 0 aliphatic carbocycles. The highest BCUT2D eigenvalue weighted by Crippen LogP contribution is 2.18. The zero-order valence-electron chi connectivity index (χ0n) is 14.6. The van der Waals surface area contributed by atoms with Crippen molar-refractivity contribution in [2.45, 2.75) is 20.0 Å². The van der Waals surface area contributed by atoms with Crippen LogP contribution in [0.2, 0.25) is 0 Å². The van der Waals surface area contributed by atoms with Gasteiger partial charge >= 0.3 is 0 Å². The number of aromatic nitrogens is 1. The van der Waals surface area contributed by atoms with Crippen LogP contribution in [0.25, 0.3) is 0 Å². The Hall–Kier alpha value is -2.60. The first kappa shape index (κ1) is 17.2. The first-order chi connectivity index (χ1) is 12.1. The van der Waals surface area contributed by atoms with Crippen molar-refractivity contribution in [1.29, 1.82) is 0 Å². The Labute approximate surface area is 147 Å². The van der Waals surface area contributed by atoms with Crippen molar-refractivity contribution in [2.75, 3.05) is 36.5 Å². The number of amides is 1. The predicted octanol–water partition coefficient (Wildman–Crippen LogP) is 2.63. The molecule has 2 aromatic rings. The Bertz CT molecular complexity index is 712. The summed E-state index contributed by atoms with van der Waals surface area (Å²) in [5, 5.41) is 2.79. The Morgan fingerprint density at radius 2 is 2.08 bits per heavy atom. The first-order valence-corrected chi connectivity index (χ1v) is 8.45. The van der Waals surface area contributed by atoms with Gasteiger partial charge in [-0.15, -0.1) is 0 Å². The van der Waals surface area contributed by atoms with Gasteiger partial charge in [0.2, 0.25) is 0 Å². The topological polar surface area (TPSA) is 63.7 Å². The van der Waals surface area contributed by atoms with Gasteiger partial charge < -0.3 is 19.7 Å². The molecule has 0 saturated carbocycles. The van der Waals surface area contributed by atoms with Crippen LogP contribution in [0.15, 0.2) is 42.6 Å². The molecular weight excluding hydrogens is 318 g/mol. The molecule has 1 saturated heterocycles. The fourth-order valence-electron chi connectivity index (χ4n) is 2.64. The minimum Gasteiger partial charge on any atom is -0.481 e. The van der Waals surface area contributed by atoms with Crippen LogP contribution in [0.4, 0.5) is 11.5 Å². The van der Waals surface area contributed by atoms with Crippen LogP contribution in [0.3, 0.4) is 0 Å². The molecule has 132 valence electrons. The largest absolute Gasteiger partial charge is 0.481 e. The van der Waals surface area contributed by atoms with Crippen LogP contribution in [0, 0.1) is 6.92 Å². The molecule has 0 radical (unpaired) electrons. The summed E-state index contributed by atoms with van der Waals surface area (Å²) in [5.74, 6) is 0.966. The fourth-order valence-corrected chi connectivity index (χ4v) is 2.64. The maximum atomic E-state index is 12.3. The number of hydrogen-bond acceptors (Lipinski definition) is 5. The van der Waals surface area contributed by atoms with Crippen LogP contribution < -0.4 is 15.0 Å². The molecule has 0 spiro atoms. The lowest BCUT2D eigenvalue weighted by atomic mass is 10.2. The van der Waals surface area contributed by atoms with E-state index in [1.165, 1.54) is 0 Å². The van der Waals surface area contributed by atoms with Gasteiger partial charge in [0, 0.05) is 13.1 Å². The van der Waals surface area contributed by atoms with Gasteiger partial charge in [0.15, 0.2) is 6.10 Å². The van der Waals surface area contributed by atoms with Crippen molar-refractivity contribution in [3.05, 3.63) is 48.2 Å². The molecular formula is C19H23N3O3. The summed E-state index contributed by atoms with van der Waals surface area (Å²) in [5.41, 5.74) is 2.12. The smallest absolute Gasteiger partial charge is 0.266 e. The molecule has 1 N–H and O–H groups in total. The van der Waals surface area contributed by atoms with Crippen molar-refractivity contribution in [3.8, 4) is 5.75 Å². The quantitative estimate of drug-likeness (QED) is 0.906. The van der Waals surface area contributed by atoms with Crippen LogP contribution in [-0.4, -0.2) is 43.3 Å².